The molecule has 0 spiro atoms. The molecule has 0 aliphatic carbocycles. The van der Waals surface area contributed by atoms with Gasteiger partial charge in [-0.2, -0.15) is 0 Å². The van der Waals surface area contributed by atoms with Crippen LogP contribution in [0.2, 0.25) is 0 Å². The van der Waals surface area contributed by atoms with Gasteiger partial charge in [0.15, 0.2) is 0 Å². The predicted octanol–water partition coefficient (Wildman–Crippen LogP) is 0.432. The zero-order valence-corrected chi connectivity index (χ0v) is 9.50. The number of likely N-dealkylation sites (tertiary alicyclic amines) is 1. The van der Waals surface area contributed by atoms with Gasteiger partial charge in [0.25, 0.3) is 5.91 Å². The highest BCUT2D eigenvalue weighted by atomic mass is 16.2. The SMILES string of the molecule is O=CN1CCC(NC(=O)c2ccccn2)CC1. The highest BCUT2D eigenvalue weighted by molar-refractivity contribution is 5.92. The summed E-state index contributed by atoms with van der Waals surface area (Å²) < 4.78 is 0. The maximum absolute atomic E-state index is 11.8. The highest BCUT2D eigenvalue weighted by Gasteiger charge is 2.20. The fraction of sp³-hybridized carbons (Fsp3) is 0.417. The van der Waals surface area contributed by atoms with Gasteiger partial charge in [0.1, 0.15) is 5.69 Å². The van der Waals surface area contributed by atoms with Crippen molar-refractivity contribution in [1.29, 1.82) is 0 Å². The van der Waals surface area contributed by atoms with Crippen molar-refractivity contribution < 1.29 is 9.59 Å². The second-order valence-electron chi connectivity index (χ2n) is 4.10. The van der Waals surface area contributed by atoms with Crippen LogP contribution in [0.1, 0.15) is 23.3 Å². The average molecular weight is 233 g/mol. The lowest BCUT2D eigenvalue weighted by Gasteiger charge is -2.29. The van der Waals surface area contributed by atoms with Crippen LogP contribution in [-0.2, 0) is 4.79 Å². The van der Waals surface area contributed by atoms with Crippen LogP contribution in [0.15, 0.2) is 24.4 Å². The number of aromatic nitrogens is 1. The number of amides is 2. The molecule has 1 aromatic heterocycles. The van der Waals surface area contributed by atoms with Crippen molar-refractivity contribution in [1.82, 2.24) is 15.2 Å². The van der Waals surface area contributed by atoms with Gasteiger partial charge in [0.05, 0.1) is 0 Å². The van der Waals surface area contributed by atoms with E-state index in [-0.39, 0.29) is 11.9 Å². The van der Waals surface area contributed by atoms with Crippen LogP contribution in [0.3, 0.4) is 0 Å². The Bertz CT molecular complexity index is 386. The molecule has 0 atom stereocenters. The molecule has 1 fully saturated rings. The highest BCUT2D eigenvalue weighted by Crippen LogP contribution is 2.09. The third-order valence-corrected chi connectivity index (χ3v) is 2.91. The van der Waals surface area contributed by atoms with Crippen molar-refractivity contribution in [2.45, 2.75) is 18.9 Å². The summed E-state index contributed by atoms with van der Waals surface area (Å²) in [5, 5.41) is 2.94. The number of carbonyl (C=O) groups is 2. The van der Waals surface area contributed by atoms with Gasteiger partial charge in [-0.05, 0) is 25.0 Å². The monoisotopic (exact) mass is 233 g/mol. The van der Waals surface area contributed by atoms with Gasteiger partial charge in [0, 0.05) is 25.3 Å². The Morgan fingerprint density at radius 3 is 2.76 bits per heavy atom. The quantitative estimate of drug-likeness (QED) is 0.770. The van der Waals surface area contributed by atoms with E-state index in [4.69, 9.17) is 0 Å². The topological polar surface area (TPSA) is 62.3 Å². The minimum absolute atomic E-state index is 0.140. The summed E-state index contributed by atoms with van der Waals surface area (Å²) in [4.78, 5) is 28.1. The summed E-state index contributed by atoms with van der Waals surface area (Å²) in [7, 11) is 0. The minimum atomic E-state index is -0.143. The molecule has 17 heavy (non-hydrogen) atoms. The first kappa shape index (κ1) is 11.6. The fourth-order valence-corrected chi connectivity index (χ4v) is 1.91. The zero-order chi connectivity index (χ0) is 12.1. The maximum Gasteiger partial charge on any atom is 0.270 e. The first-order chi connectivity index (χ1) is 8.29. The van der Waals surface area contributed by atoms with Crippen LogP contribution < -0.4 is 5.32 Å². The molecular weight excluding hydrogens is 218 g/mol. The van der Waals surface area contributed by atoms with E-state index in [9.17, 15) is 9.59 Å². The van der Waals surface area contributed by atoms with Gasteiger partial charge in [-0.15, -0.1) is 0 Å². The molecule has 2 rings (SSSR count). The first-order valence-corrected chi connectivity index (χ1v) is 5.71. The van der Waals surface area contributed by atoms with Gasteiger partial charge in [-0.1, -0.05) is 6.07 Å². The molecule has 2 amide bonds. The molecule has 1 aromatic rings. The van der Waals surface area contributed by atoms with Crippen molar-refractivity contribution in [2.75, 3.05) is 13.1 Å². The molecule has 0 saturated carbocycles. The molecule has 1 aliphatic heterocycles. The number of hydrogen-bond acceptors (Lipinski definition) is 3. The summed E-state index contributed by atoms with van der Waals surface area (Å²) in [5.41, 5.74) is 0.435. The van der Waals surface area contributed by atoms with Gasteiger partial charge < -0.3 is 10.2 Å². The van der Waals surface area contributed by atoms with E-state index in [1.165, 1.54) is 0 Å². The number of nitrogens with one attached hydrogen (secondary N) is 1. The average Bonchev–Trinajstić information content (AvgIpc) is 2.40. The third kappa shape index (κ3) is 3.03. The Labute approximate surface area is 99.8 Å². The summed E-state index contributed by atoms with van der Waals surface area (Å²) >= 11 is 0. The standard InChI is InChI=1S/C12H15N3O2/c16-9-15-7-4-10(5-8-15)14-12(17)11-3-1-2-6-13-11/h1-3,6,9-10H,4-5,7-8H2,(H,14,17). The maximum atomic E-state index is 11.8. The van der Waals surface area contributed by atoms with Crippen LogP contribution in [-0.4, -0.2) is 41.3 Å². The van der Waals surface area contributed by atoms with Crippen molar-refractivity contribution in [3.8, 4) is 0 Å². The Morgan fingerprint density at radius 1 is 1.41 bits per heavy atom. The number of nitrogens with zero attached hydrogens (tertiary/aromatic N) is 2. The smallest absolute Gasteiger partial charge is 0.270 e. The molecule has 1 N–H and O–H groups in total. The Morgan fingerprint density at radius 2 is 2.18 bits per heavy atom. The lowest BCUT2D eigenvalue weighted by molar-refractivity contribution is -0.119. The van der Waals surface area contributed by atoms with Crippen molar-refractivity contribution in [3.63, 3.8) is 0 Å². The second-order valence-corrected chi connectivity index (χ2v) is 4.10. The summed E-state index contributed by atoms with van der Waals surface area (Å²) in [6.45, 7) is 1.41. The number of hydrogen-bond donors (Lipinski definition) is 1. The largest absolute Gasteiger partial charge is 0.348 e. The van der Waals surface area contributed by atoms with Gasteiger partial charge in [-0.3, -0.25) is 14.6 Å². The Balaban J connectivity index is 1.86. The number of pyridine rings is 1. The van der Waals surface area contributed by atoms with Crippen LogP contribution in [0.4, 0.5) is 0 Å². The summed E-state index contributed by atoms with van der Waals surface area (Å²) in [5.74, 6) is -0.143. The van der Waals surface area contributed by atoms with Crippen molar-refractivity contribution in [3.05, 3.63) is 30.1 Å². The van der Waals surface area contributed by atoms with E-state index in [2.05, 4.69) is 10.3 Å². The number of rotatable bonds is 3. The van der Waals surface area contributed by atoms with Crippen molar-refractivity contribution >= 4 is 12.3 Å². The van der Waals surface area contributed by atoms with Crippen LogP contribution >= 0.6 is 0 Å². The molecule has 0 radical (unpaired) electrons. The molecule has 1 saturated heterocycles. The van der Waals surface area contributed by atoms with E-state index in [1.54, 1.807) is 29.3 Å². The second kappa shape index (κ2) is 5.43. The van der Waals surface area contributed by atoms with Gasteiger partial charge in [-0.25, -0.2) is 0 Å². The van der Waals surface area contributed by atoms with Crippen molar-refractivity contribution in [2.24, 2.45) is 0 Å². The molecule has 90 valence electrons. The number of carbonyl (C=O) groups excluding carboxylic acids is 2. The van der Waals surface area contributed by atoms with E-state index in [0.29, 0.717) is 18.8 Å². The molecule has 0 aromatic carbocycles. The normalized spacial score (nSPS) is 16.6. The molecule has 5 heteroatoms. The molecule has 0 unspecified atom stereocenters. The fourth-order valence-electron chi connectivity index (χ4n) is 1.91. The Hall–Kier alpha value is -1.91. The van der Waals surface area contributed by atoms with E-state index in [1.807, 2.05) is 0 Å². The van der Waals surface area contributed by atoms with E-state index in [0.717, 1.165) is 19.3 Å². The molecule has 2 heterocycles. The van der Waals surface area contributed by atoms with Crippen LogP contribution in [0, 0.1) is 0 Å². The van der Waals surface area contributed by atoms with Crippen LogP contribution in [0.5, 0.6) is 0 Å². The number of piperidine rings is 1. The van der Waals surface area contributed by atoms with E-state index < -0.39 is 0 Å². The van der Waals surface area contributed by atoms with Crippen LogP contribution in [0.25, 0.3) is 0 Å². The third-order valence-electron chi connectivity index (χ3n) is 2.91. The first-order valence-electron chi connectivity index (χ1n) is 5.71. The van der Waals surface area contributed by atoms with Gasteiger partial charge >= 0.3 is 0 Å². The summed E-state index contributed by atoms with van der Waals surface area (Å²) in [6.07, 6.45) is 4.06. The Kier molecular flexibility index (Phi) is 3.69. The minimum Gasteiger partial charge on any atom is -0.348 e. The molecule has 1 aliphatic rings. The predicted molar refractivity (Wildman–Crippen MR) is 62.4 cm³/mol. The van der Waals surface area contributed by atoms with E-state index >= 15 is 0 Å². The lowest BCUT2D eigenvalue weighted by Crippen LogP contribution is -2.44. The molecule has 0 bridgehead atoms. The zero-order valence-electron chi connectivity index (χ0n) is 9.50. The molecule has 5 nitrogen and oxygen atoms in total. The van der Waals surface area contributed by atoms with Gasteiger partial charge in [0.2, 0.25) is 6.41 Å². The summed E-state index contributed by atoms with van der Waals surface area (Å²) in [6, 6.07) is 5.40. The lowest BCUT2D eigenvalue weighted by atomic mass is 10.1. The molecular formula is C12H15N3O2.